The number of carbonyl (C=O) groups is 1. The van der Waals surface area contributed by atoms with Gasteiger partial charge in [0.15, 0.2) is 6.23 Å². The van der Waals surface area contributed by atoms with Gasteiger partial charge in [0, 0.05) is 35.5 Å². The lowest BCUT2D eigenvalue weighted by Crippen LogP contribution is -2.49. The molecule has 1 aliphatic rings. The Balaban J connectivity index is 1.37. The number of benzene rings is 2. The quantitative estimate of drug-likeness (QED) is 0.459. The van der Waals surface area contributed by atoms with Crippen molar-refractivity contribution < 1.29 is 17.9 Å². The van der Waals surface area contributed by atoms with Gasteiger partial charge in [-0.1, -0.05) is 48.5 Å². The van der Waals surface area contributed by atoms with Crippen LogP contribution in [-0.2, 0) is 21.2 Å². The molecule has 1 aliphatic heterocycles. The normalized spacial score (nSPS) is 18.4. The molecule has 0 radical (unpaired) electrons. The Labute approximate surface area is 193 Å². The van der Waals surface area contributed by atoms with Crippen LogP contribution >= 0.6 is 0 Å². The summed E-state index contributed by atoms with van der Waals surface area (Å²) in [5, 5.41) is 4.82. The molecule has 1 saturated heterocycles. The van der Waals surface area contributed by atoms with Gasteiger partial charge >= 0.3 is 6.09 Å². The lowest BCUT2D eigenvalue weighted by atomic mass is 10.1. The molecule has 0 bridgehead atoms. The number of hydrogen-bond donors (Lipinski definition) is 3. The van der Waals surface area contributed by atoms with Gasteiger partial charge in [0.1, 0.15) is 0 Å². The fraction of sp³-hybridized carbons (Fsp3) is 0.292. The molecule has 0 unspecified atom stereocenters. The number of ether oxygens (including phenoxy) is 1. The third kappa shape index (κ3) is 5.81. The van der Waals surface area contributed by atoms with Gasteiger partial charge in [-0.25, -0.2) is 13.2 Å². The molecule has 174 valence electrons. The number of amides is 1. The second-order valence-corrected chi connectivity index (χ2v) is 9.81. The average molecular weight is 469 g/mol. The largest absolute Gasteiger partial charge is 0.429 e. The first-order valence-electron chi connectivity index (χ1n) is 10.9. The van der Waals surface area contributed by atoms with Crippen LogP contribution in [-0.4, -0.2) is 42.7 Å². The molecule has 8 nitrogen and oxygen atoms in total. The maximum atomic E-state index is 12.9. The predicted octanol–water partition coefficient (Wildman–Crippen LogP) is 3.53. The van der Waals surface area contributed by atoms with Gasteiger partial charge in [0.25, 0.3) is 0 Å². The number of nitrogens with two attached hydrogens (primary N) is 1. The van der Waals surface area contributed by atoms with Crippen molar-refractivity contribution in [2.45, 2.75) is 38.1 Å². The molecule has 4 N–H and O–H groups in total. The summed E-state index contributed by atoms with van der Waals surface area (Å²) in [7, 11) is -3.76. The summed E-state index contributed by atoms with van der Waals surface area (Å²) in [6.45, 7) is 0.292. The monoisotopic (exact) mass is 468 g/mol. The molecule has 4 rings (SSSR count). The summed E-state index contributed by atoms with van der Waals surface area (Å²) in [6, 6.07) is 17.0. The number of piperidine rings is 1. The summed E-state index contributed by atoms with van der Waals surface area (Å²) in [4.78, 5) is 15.7. The first-order valence-corrected chi connectivity index (χ1v) is 12.5. The summed E-state index contributed by atoms with van der Waals surface area (Å²) in [5.41, 5.74) is 8.87. The molecule has 2 heterocycles. The van der Waals surface area contributed by atoms with Crippen molar-refractivity contribution in [3.63, 3.8) is 0 Å². The fourth-order valence-electron chi connectivity index (χ4n) is 3.99. The number of sulfonamides is 1. The predicted molar refractivity (Wildman–Crippen MR) is 128 cm³/mol. The van der Waals surface area contributed by atoms with E-state index >= 15 is 0 Å². The van der Waals surface area contributed by atoms with Crippen molar-refractivity contribution in [2.24, 2.45) is 5.73 Å². The number of aromatic nitrogens is 1. The lowest BCUT2D eigenvalue weighted by Gasteiger charge is -2.33. The Morgan fingerprint density at radius 3 is 2.76 bits per heavy atom. The number of aromatic amines is 1. The van der Waals surface area contributed by atoms with Gasteiger partial charge in [0.2, 0.25) is 10.0 Å². The molecule has 3 aromatic rings. The second kappa shape index (κ2) is 10.2. The molecule has 33 heavy (non-hydrogen) atoms. The van der Waals surface area contributed by atoms with Gasteiger partial charge in [0.05, 0.1) is 6.17 Å². The highest BCUT2D eigenvalue weighted by Crippen LogP contribution is 2.23. The number of nitrogens with one attached hydrogen (secondary N) is 2. The number of para-hydroxylation sites is 1. The SMILES string of the molecule is N[C@H](Cc1c[nH]c2ccccc12)NC(=O)O[C@H]1CCCCN1S(=O)(=O)/C=C/c1ccccc1. The van der Waals surface area contributed by atoms with E-state index in [-0.39, 0.29) is 0 Å². The van der Waals surface area contributed by atoms with E-state index in [0.717, 1.165) is 33.9 Å². The molecule has 1 amide bonds. The zero-order chi connectivity index (χ0) is 23.3. The van der Waals surface area contributed by atoms with Crippen molar-refractivity contribution in [1.82, 2.24) is 14.6 Å². The summed E-state index contributed by atoms with van der Waals surface area (Å²) >= 11 is 0. The molecule has 0 spiro atoms. The third-order valence-electron chi connectivity index (χ3n) is 5.62. The van der Waals surface area contributed by atoms with Crippen molar-refractivity contribution in [2.75, 3.05) is 6.54 Å². The first kappa shape index (κ1) is 23.0. The van der Waals surface area contributed by atoms with E-state index < -0.39 is 28.5 Å². The molecule has 1 fully saturated rings. The van der Waals surface area contributed by atoms with Crippen molar-refractivity contribution in [1.29, 1.82) is 0 Å². The molecule has 2 aromatic carbocycles. The van der Waals surface area contributed by atoms with Crippen molar-refractivity contribution in [3.8, 4) is 0 Å². The Hall–Kier alpha value is -3.14. The maximum Gasteiger partial charge on any atom is 0.409 e. The minimum absolute atomic E-state index is 0.292. The zero-order valence-corrected chi connectivity index (χ0v) is 19.0. The Kier molecular flexibility index (Phi) is 7.12. The number of alkyl carbamates (subject to hydrolysis) is 1. The van der Waals surface area contributed by atoms with Crippen LogP contribution in [0.1, 0.15) is 30.4 Å². The smallest absolute Gasteiger partial charge is 0.409 e. The van der Waals surface area contributed by atoms with Gasteiger partial charge in [-0.3, -0.25) is 0 Å². The highest BCUT2D eigenvalue weighted by molar-refractivity contribution is 7.92. The van der Waals surface area contributed by atoms with Crippen LogP contribution in [0.25, 0.3) is 17.0 Å². The Morgan fingerprint density at radius 2 is 1.94 bits per heavy atom. The van der Waals surface area contributed by atoms with Crippen molar-refractivity contribution >= 4 is 33.1 Å². The summed E-state index contributed by atoms with van der Waals surface area (Å²) in [5.74, 6) is 0. The number of H-pyrrole nitrogens is 1. The molecule has 1 aromatic heterocycles. The van der Waals surface area contributed by atoms with E-state index in [4.69, 9.17) is 10.5 Å². The van der Waals surface area contributed by atoms with Gasteiger partial charge < -0.3 is 20.8 Å². The number of fused-ring (bicyclic) bond motifs is 1. The van der Waals surface area contributed by atoms with Crippen molar-refractivity contribution in [3.05, 3.63) is 77.3 Å². The van der Waals surface area contributed by atoms with Gasteiger partial charge in [-0.05, 0) is 42.5 Å². The molecule has 2 atom stereocenters. The molecular weight excluding hydrogens is 440 g/mol. The van der Waals surface area contributed by atoms with E-state index in [1.165, 1.54) is 10.4 Å². The van der Waals surface area contributed by atoms with E-state index in [9.17, 15) is 13.2 Å². The van der Waals surface area contributed by atoms with Crippen LogP contribution in [0.2, 0.25) is 0 Å². The maximum absolute atomic E-state index is 12.9. The lowest BCUT2D eigenvalue weighted by molar-refractivity contribution is 0.00891. The van der Waals surface area contributed by atoms with Crippen LogP contribution in [0.4, 0.5) is 4.79 Å². The standard InChI is InChI=1S/C24H28N4O4S/c25-22(16-19-17-26-21-11-5-4-10-20(19)21)27-24(29)32-23-12-6-7-14-28(23)33(30,31)15-13-18-8-2-1-3-9-18/h1-5,8-11,13,15,17,22-23,26H,6-7,12,14,16,25H2,(H,27,29)/b15-13+/t22-,23-/m0/s1. The van der Waals surface area contributed by atoms with E-state index in [1.54, 1.807) is 0 Å². The third-order valence-corrected chi connectivity index (χ3v) is 7.17. The van der Waals surface area contributed by atoms with Gasteiger partial charge in [-0.2, -0.15) is 4.31 Å². The Morgan fingerprint density at radius 1 is 1.18 bits per heavy atom. The second-order valence-electron chi connectivity index (χ2n) is 8.04. The fourth-order valence-corrected chi connectivity index (χ4v) is 5.33. The minimum atomic E-state index is -3.76. The summed E-state index contributed by atoms with van der Waals surface area (Å²) < 4.78 is 32.5. The number of rotatable bonds is 7. The number of nitrogens with zero attached hydrogens (tertiary/aromatic N) is 1. The molecule has 9 heteroatoms. The first-order chi connectivity index (χ1) is 15.9. The average Bonchev–Trinajstić information content (AvgIpc) is 3.21. The van der Waals surface area contributed by atoms with E-state index in [2.05, 4.69) is 10.3 Å². The van der Waals surface area contributed by atoms with Crippen LogP contribution in [0.3, 0.4) is 0 Å². The van der Waals surface area contributed by atoms with E-state index in [0.29, 0.717) is 25.8 Å². The minimum Gasteiger partial charge on any atom is -0.429 e. The highest BCUT2D eigenvalue weighted by Gasteiger charge is 2.33. The molecule has 0 saturated carbocycles. The number of carbonyl (C=O) groups excluding carboxylic acids is 1. The Bertz CT molecular complexity index is 1220. The van der Waals surface area contributed by atoms with Crippen LogP contribution in [0.15, 0.2) is 66.2 Å². The van der Waals surface area contributed by atoms with E-state index in [1.807, 2.05) is 60.8 Å². The topological polar surface area (TPSA) is 118 Å². The van der Waals surface area contributed by atoms with Crippen LogP contribution in [0, 0.1) is 0 Å². The highest BCUT2D eigenvalue weighted by atomic mass is 32.2. The number of hydrogen-bond acceptors (Lipinski definition) is 5. The van der Waals surface area contributed by atoms with Crippen LogP contribution < -0.4 is 11.1 Å². The molecule has 0 aliphatic carbocycles. The van der Waals surface area contributed by atoms with Crippen LogP contribution in [0.5, 0.6) is 0 Å². The summed E-state index contributed by atoms with van der Waals surface area (Å²) in [6.07, 6.45) is 3.45. The van der Waals surface area contributed by atoms with Gasteiger partial charge in [-0.15, -0.1) is 0 Å². The molecular formula is C24H28N4O4S. The zero-order valence-electron chi connectivity index (χ0n) is 18.2.